The van der Waals surface area contributed by atoms with Gasteiger partial charge in [0, 0.05) is 111 Å². The summed E-state index contributed by atoms with van der Waals surface area (Å²) in [7, 11) is 3.30. The number of imide groups is 1. The maximum Gasteiger partial charge on any atom is 0.264 e. The number of benzene rings is 2. The third-order valence-electron chi connectivity index (χ3n) is 12.5. The van der Waals surface area contributed by atoms with E-state index in [0.29, 0.717) is 84.3 Å². The minimum atomic E-state index is -2.79. The Morgan fingerprint density at radius 3 is 2.53 bits per heavy atom. The molecule has 2 aromatic carbocycles. The highest BCUT2D eigenvalue weighted by molar-refractivity contribution is 6.05. The molecule has 1 N–H and O–H groups in total. The summed E-state index contributed by atoms with van der Waals surface area (Å²) in [5.41, 5.74) is 4.99. The number of imidazole rings is 1. The fourth-order valence-corrected chi connectivity index (χ4v) is 9.21. The first kappa shape index (κ1) is 39.2. The third-order valence-corrected chi connectivity index (χ3v) is 12.5. The van der Waals surface area contributed by atoms with Gasteiger partial charge in [-0.15, -0.1) is 0 Å². The maximum absolute atomic E-state index is 15.5. The Labute approximate surface area is 343 Å². The van der Waals surface area contributed by atoms with Gasteiger partial charge in [0.1, 0.15) is 23.3 Å². The van der Waals surface area contributed by atoms with Gasteiger partial charge >= 0.3 is 0 Å². The predicted octanol–water partition coefficient (Wildman–Crippen LogP) is 5.55. The van der Waals surface area contributed by atoms with E-state index in [1.54, 1.807) is 59.2 Å². The van der Waals surface area contributed by atoms with Gasteiger partial charge in [0.05, 0.1) is 25.9 Å². The molecular formula is C43H44F3N9O5. The van der Waals surface area contributed by atoms with Crippen LogP contribution in [0.3, 0.4) is 0 Å². The number of halogens is 3. The molecule has 0 spiro atoms. The highest BCUT2D eigenvalue weighted by Gasteiger charge is 2.40. The van der Waals surface area contributed by atoms with E-state index >= 15 is 4.39 Å². The molecule has 17 heteroatoms. The van der Waals surface area contributed by atoms with E-state index in [4.69, 9.17) is 9.84 Å². The number of nitrogens with one attached hydrogen (secondary N) is 1. The summed E-state index contributed by atoms with van der Waals surface area (Å²) < 4.78 is 54.7. The minimum Gasteiger partial charge on any atom is -0.495 e. The Morgan fingerprint density at radius 1 is 1.00 bits per heavy atom. The van der Waals surface area contributed by atoms with Crippen molar-refractivity contribution in [1.29, 1.82) is 0 Å². The number of anilines is 2. The lowest BCUT2D eigenvalue weighted by Crippen LogP contribution is -2.52. The Bertz CT molecular complexity index is 2560. The monoisotopic (exact) mass is 823 g/mol. The van der Waals surface area contributed by atoms with Crippen molar-refractivity contribution in [3.63, 3.8) is 0 Å². The molecule has 2 fully saturated rings. The summed E-state index contributed by atoms with van der Waals surface area (Å²) >= 11 is 0. The van der Waals surface area contributed by atoms with Crippen LogP contribution < -0.4 is 15.0 Å². The Morgan fingerprint density at radius 2 is 1.80 bits per heavy atom. The zero-order valence-corrected chi connectivity index (χ0v) is 33.5. The average molecular weight is 824 g/mol. The van der Waals surface area contributed by atoms with Crippen molar-refractivity contribution in [2.24, 2.45) is 0 Å². The Hall–Kier alpha value is -6.23. The number of piperidine rings is 2. The summed E-state index contributed by atoms with van der Waals surface area (Å²) in [6.07, 6.45) is 4.70. The molecule has 0 saturated carbocycles. The number of hydrogen-bond acceptors (Lipinski definition) is 9. The van der Waals surface area contributed by atoms with Crippen molar-refractivity contribution in [3.8, 4) is 16.9 Å². The first-order valence-electron chi connectivity index (χ1n) is 20.1. The highest BCUT2D eigenvalue weighted by atomic mass is 19.3. The van der Waals surface area contributed by atoms with Crippen LogP contribution in [0.25, 0.3) is 16.8 Å². The van der Waals surface area contributed by atoms with Gasteiger partial charge in [0.25, 0.3) is 12.3 Å². The largest absolute Gasteiger partial charge is 0.495 e. The summed E-state index contributed by atoms with van der Waals surface area (Å²) in [5.74, 6) is -0.828. The second kappa shape index (κ2) is 15.4. The molecule has 7 heterocycles. The number of fused-ring (bicyclic) bond motifs is 3. The summed E-state index contributed by atoms with van der Waals surface area (Å²) in [6.45, 7) is 4.21. The molecule has 0 radical (unpaired) electrons. The van der Waals surface area contributed by atoms with Crippen LogP contribution in [0.4, 0.5) is 24.7 Å². The quantitative estimate of drug-likeness (QED) is 0.190. The van der Waals surface area contributed by atoms with Crippen molar-refractivity contribution in [2.75, 3.05) is 38.7 Å². The zero-order valence-electron chi connectivity index (χ0n) is 33.5. The van der Waals surface area contributed by atoms with Crippen LogP contribution in [-0.4, -0.2) is 97.3 Å². The fraction of sp³-hybridized carbons (Fsp3) is 0.395. The zero-order chi connectivity index (χ0) is 42.0. The number of pyridine rings is 1. The normalized spacial score (nSPS) is 18.6. The number of nitrogens with zero attached hydrogens (tertiary/aromatic N) is 8. The van der Waals surface area contributed by atoms with E-state index in [9.17, 15) is 28.0 Å². The number of carbonyl (C=O) groups is 4. The molecule has 9 rings (SSSR count). The summed E-state index contributed by atoms with van der Waals surface area (Å²) in [6, 6.07) is 8.87. The van der Waals surface area contributed by atoms with Gasteiger partial charge in [-0.3, -0.25) is 34.1 Å². The second-order valence-electron chi connectivity index (χ2n) is 16.0. The number of likely N-dealkylation sites (tertiary alicyclic amines) is 1. The van der Waals surface area contributed by atoms with Crippen LogP contribution in [0, 0.1) is 5.82 Å². The van der Waals surface area contributed by atoms with E-state index in [2.05, 4.69) is 15.2 Å². The smallest absolute Gasteiger partial charge is 0.264 e. The van der Waals surface area contributed by atoms with Crippen LogP contribution in [0.2, 0.25) is 0 Å². The van der Waals surface area contributed by atoms with Crippen LogP contribution >= 0.6 is 0 Å². The van der Waals surface area contributed by atoms with Crippen LogP contribution in [0.1, 0.15) is 83.4 Å². The summed E-state index contributed by atoms with van der Waals surface area (Å²) in [4.78, 5) is 61.4. The van der Waals surface area contributed by atoms with Gasteiger partial charge in [0.2, 0.25) is 17.7 Å². The third kappa shape index (κ3) is 6.93. The van der Waals surface area contributed by atoms with Crippen LogP contribution in [-0.2, 0) is 40.4 Å². The predicted molar refractivity (Wildman–Crippen MR) is 213 cm³/mol. The average Bonchev–Trinajstić information content (AvgIpc) is 3.95. The highest BCUT2D eigenvalue weighted by Crippen LogP contribution is 2.42. The topological polar surface area (TPSA) is 138 Å². The second-order valence-corrected chi connectivity index (χ2v) is 16.0. The van der Waals surface area contributed by atoms with Crippen molar-refractivity contribution in [2.45, 2.75) is 77.2 Å². The molecule has 312 valence electrons. The van der Waals surface area contributed by atoms with Gasteiger partial charge < -0.3 is 23.8 Å². The molecule has 14 nitrogen and oxygen atoms in total. The standard InChI is InChI=1S/C43H44F3N9O5/c1-24(56)52-14-10-35-33(22-52)41(50(2)28-4-5-29(32(17-28)40(45)46)31-19-38-47-11-15-53(38)23-37(31)60-3)49-55(35)27-8-12-51(13-9-27)20-26-16-25-21-54(43(59)30(25)18-34(26)44)36-6-7-39(57)48-42(36)58/h4-5,11,15-19,23,27,36,40H,6-10,12-14,20-22H2,1-3H3,(H,48,57,58). The number of alkyl halides is 2. The van der Waals surface area contributed by atoms with Gasteiger partial charge in [-0.25, -0.2) is 18.2 Å². The number of rotatable bonds is 9. The fourth-order valence-electron chi connectivity index (χ4n) is 9.21. The lowest BCUT2D eigenvalue weighted by Gasteiger charge is -2.34. The number of carbonyl (C=O) groups excluding carboxylic acids is 4. The van der Waals surface area contributed by atoms with Crippen molar-refractivity contribution >= 4 is 40.8 Å². The van der Waals surface area contributed by atoms with Gasteiger partial charge in [-0.05, 0) is 60.7 Å². The van der Waals surface area contributed by atoms with E-state index in [1.807, 2.05) is 9.58 Å². The maximum atomic E-state index is 15.5. The lowest BCUT2D eigenvalue weighted by molar-refractivity contribution is -0.137. The molecular weight excluding hydrogens is 780 g/mol. The molecule has 3 aromatic heterocycles. The molecule has 0 aliphatic carbocycles. The van der Waals surface area contributed by atoms with Gasteiger partial charge in [-0.1, -0.05) is 6.07 Å². The number of hydrogen-bond donors (Lipinski definition) is 1. The van der Waals surface area contributed by atoms with Crippen molar-refractivity contribution < 1.29 is 37.1 Å². The first-order chi connectivity index (χ1) is 28.9. The molecule has 2 saturated heterocycles. The number of amides is 4. The van der Waals surface area contributed by atoms with E-state index < -0.39 is 30.1 Å². The lowest BCUT2D eigenvalue weighted by atomic mass is 9.98. The van der Waals surface area contributed by atoms with E-state index in [0.717, 1.165) is 24.1 Å². The summed E-state index contributed by atoms with van der Waals surface area (Å²) in [5, 5.41) is 7.44. The van der Waals surface area contributed by atoms with E-state index in [-0.39, 0.29) is 48.4 Å². The van der Waals surface area contributed by atoms with Crippen LogP contribution in [0.15, 0.2) is 55.0 Å². The van der Waals surface area contributed by atoms with E-state index in [1.165, 1.54) is 31.1 Å². The Kier molecular flexibility index (Phi) is 10.1. The van der Waals surface area contributed by atoms with Crippen LogP contribution in [0.5, 0.6) is 5.75 Å². The molecule has 60 heavy (non-hydrogen) atoms. The van der Waals surface area contributed by atoms with Crippen molar-refractivity contribution in [3.05, 3.63) is 94.3 Å². The molecule has 4 aliphatic heterocycles. The SMILES string of the molecule is COc1cn2ccnc2cc1-c1ccc(N(C)c2nn(C3CCN(Cc4cc5c(cc4F)C(=O)N(C4CCC(=O)NC4=O)C5)CC3)c3c2CN(C(C)=O)CC3)cc1C(F)F. The van der Waals surface area contributed by atoms with Gasteiger partial charge in [0.15, 0.2) is 5.82 Å². The molecule has 4 amide bonds. The molecule has 0 bridgehead atoms. The number of ether oxygens (including phenoxy) is 1. The van der Waals surface area contributed by atoms with Crippen molar-refractivity contribution in [1.82, 2.24) is 39.2 Å². The molecule has 4 aliphatic rings. The van der Waals surface area contributed by atoms with Gasteiger partial charge in [-0.2, -0.15) is 5.10 Å². The first-order valence-corrected chi connectivity index (χ1v) is 20.1. The molecule has 5 aromatic rings. The minimum absolute atomic E-state index is 0.00893. The number of aromatic nitrogens is 4. The molecule has 1 unspecified atom stereocenters. The molecule has 1 atom stereocenters. The Balaban J connectivity index is 0.945. The number of methoxy groups -OCH3 is 1.